The van der Waals surface area contributed by atoms with Crippen LogP contribution in [0.3, 0.4) is 0 Å². The van der Waals surface area contributed by atoms with Gasteiger partial charge in [0, 0.05) is 16.5 Å². The van der Waals surface area contributed by atoms with Crippen molar-refractivity contribution in [1.82, 2.24) is 15.0 Å². The molecular weight excluding hydrogens is 250 g/mol. The first-order valence-corrected chi connectivity index (χ1v) is 6.34. The first-order valence-electron chi connectivity index (χ1n) is 6.34. The van der Waals surface area contributed by atoms with E-state index < -0.39 is 0 Å². The second-order valence-electron chi connectivity index (χ2n) is 4.67. The molecule has 0 aliphatic heterocycles. The number of nitrogens with one attached hydrogen (secondary N) is 1. The molecule has 0 unspecified atom stereocenters. The smallest absolute Gasteiger partial charge is 0.142 e. The number of aromatic amines is 1. The average molecular weight is 261 g/mol. The first-order chi connectivity index (χ1) is 9.83. The van der Waals surface area contributed by atoms with E-state index in [2.05, 4.69) is 15.0 Å². The lowest BCUT2D eigenvalue weighted by molar-refractivity contribution is 0.476. The summed E-state index contributed by atoms with van der Waals surface area (Å²) in [5, 5.41) is 11.6. The summed E-state index contributed by atoms with van der Waals surface area (Å²) in [6.07, 6.45) is 1.56. The largest absolute Gasteiger partial charge is 0.508 e. The molecule has 4 nitrogen and oxygen atoms in total. The van der Waals surface area contributed by atoms with E-state index in [4.69, 9.17) is 0 Å². The van der Waals surface area contributed by atoms with Crippen molar-refractivity contribution in [2.24, 2.45) is 0 Å². The molecule has 4 rings (SSSR count). The zero-order valence-corrected chi connectivity index (χ0v) is 10.5. The predicted molar refractivity (Wildman–Crippen MR) is 78.5 cm³/mol. The van der Waals surface area contributed by atoms with Crippen LogP contribution in [-0.2, 0) is 0 Å². The molecule has 20 heavy (non-hydrogen) atoms. The number of nitrogens with zero attached hydrogens (tertiary/aromatic N) is 2. The van der Waals surface area contributed by atoms with Crippen molar-refractivity contribution in [2.75, 3.05) is 0 Å². The molecule has 0 bridgehead atoms. The van der Waals surface area contributed by atoms with Crippen molar-refractivity contribution >= 4 is 21.9 Å². The average Bonchev–Trinajstić information content (AvgIpc) is 2.86. The van der Waals surface area contributed by atoms with Gasteiger partial charge in [0.05, 0.1) is 11.1 Å². The summed E-state index contributed by atoms with van der Waals surface area (Å²) in [7, 11) is 0. The molecule has 2 aromatic heterocycles. The number of benzene rings is 2. The Labute approximate surface area is 114 Å². The van der Waals surface area contributed by atoms with Crippen molar-refractivity contribution in [3.05, 3.63) is 54.9 Å². The van der Waals surface area contributed by atoms with E-state index in [-0.39, 0.29) is 5.75 Å². The molecule has 0 fully saturated rings. The maximum atomic E-state index is 9.71. The van der Waals surface area contributed by atoms with E-state index in [1.807, 2.05) is 36.4 Å². The Hall–Kier alpha value is -2.88. The van der Waals surface area contributed by atoms with Crippen molar-refractivity contribution in [3.8, 4) is 17.0 Å². The van der Waals surface area contributed by atoms with Crippen molar-refractivity contribution in [2.45, 2.75) is 0 Å². The number of hydrogen-bond acceptors (Lipinski definition) is 3. The predicted octanol–water partition coefficient (Wildman–Crippen LogP) is 3.48. The number of phenolic OH excluding ortho intramolecular Hbond substituents is 1. The van der Waals surface area contributed by atoms with Crippen LogP contribution < -0.4 is 0 Å². The van der Waals surface area contributed by atoms with Gasteiger partial charge < -0.3 is 10.1 Å². The van der Waals surface area contributed by atoms with Gasteiger partial charge in [-0.25, -0.2) is 9.97 Å². The molecule has 2 aromatic carbocycles. The molecule has 0 radical (unpaired) electrons. The third kappa shape index (κ3) is 1.55. The van der Waals surface area contributed by atoms with E-state index >= 15 is 0 Å². The fourth-order valence-corrected chi connectivity index (χ4v) is 2.53. The Kier molecular flexibility index (Phi) is 2.23. The van der Waals surface area contributed by atoms with Crippen molar-refractivity contribution in [1.29, 1.82) is 0 Å². The molecule has 96 valence electrons. The lowest BCUT2D eigenvalue weighted by Gasteiger charge is -2.02. The molecule has 2 heterocycles. The Morgan fingerprint density at radius 3 is 2.65 bits per heavy atom. The minimum atomic E-state index is 0.237. The number of fused-ring (bicyclic) bond motifs is 3. The molecule has 0 aliphatic rings. The van der Waals surface area contributed by atoms with Crippen LogP contribution in [0.2, 0.25) is 0 Å². The summed E-state index contributed by atoms with van der Waals surface area (Å²) in [4.78, 5) is 12.0. The van der Waals surface area contributed by atoms with Gasteiger partial charge in [-0.05, 0) is 18.2 Å². The van der Waals surface area contributed by atoms with Gasteiger partial charge >= 0.3 is 0 Å². The standard InChI is InChI=1S/C16H11N3O/c20-11-6-7-13-12(8-11)14-15(10-4-2-1-3-5-10)17-9-18-16(14)19-13/h1-9,20H,(H,17,18,19). The van der Waals surface area contributed by atoms with E-state index in [1.165, 1.54) is 0 Å². The van der Waals surface area contributed by atoms with Crippen LogP contribution in [0.1, 0.15) is 0 Å². The van der Waals surface area contributed by atoms with E-state index in [0.29, 0.717) is 0 Å². The van der Waals surface area contributed by atoms with Gasteiger partial charge in [0.25, 0.3) is 0 Å². The normalized spacial score (nSPS) is 11.2. The van der Waals surface area contributed by atoms with Crippen molar-refractivity contribution in [3.63, 3.8) is 0 Å². The van der Waals surface area contributed by atoms with Crippen LogP contribution in [0, 0.1) is 0 Å². The number of hydrogen-bond donors (Lipinski definition) is 2. The third-order valence-corrected chi connectivity index (χ3v) is 3.42. The number of rotatable bonds is 1. The molecule has 0 saturated carbocycles. The summed E-state index contributed by atoms with van der Waals surface area (Å²) in [6.45, 7) is 0. The summed E-state index contributed by atoms with van der Waals surface area (Å²) >= 11 is 0. The van der Waals surface area contributed by atoms with E-state index in [1.54, 1.807) is 18.5 Å². The fourth-order valence-electron chi connectivity index (χ4n) is 2.53. The second-order valence-corrected chi connectivity index (χ2v) is 4.67. The molecule has 0 atom stereocenters. The fraction of sp³-hybridized carbons (Fsp3) is 0. The van der Waals surface area contributed by atoms with Crippen LogP contribution in [0.25, 0.3) is 33.2 Å². The molecule has 4 aromatic rings. The number of phenols is 1. The molecule has 4 heteroatoms. The van der Waals surface area contributed by atoms with Gasteiger partial charge in [-0.1, -0.05) is 30.3 Å². The third-order valence-electron chi connectivity index (χ3n) is 3.42. The maximum Gasteiger partial charge on any atom is 0.142 e. The molecular formula is C16H11N3O. The van der Waals surface area contributed by atoms with E-state index in [0.717, 1.165) is 33.2 Å². The van der Waals surface area contributed by atoms with Gasteiger partial charge in [0.1, 0.15) is 17.7 Å². The summed E-state index contributed by atoms with van der Waals surface area (Å²) in [6, 6.07) is 15.2. The van der Waals surface area contributed by atoms with E-state index in [9.17, 15) is 5.11 Å². The quantitative estimate of drug-likeness (QED) is 0.551. The summed E-state index contributed by atoms with van der Waals surface area (Å²) in [5.74, 6) is 0.237. The van der Waals surface area contributed by atoms with Crippen molar-refractivity contribution < 1.29 is 5.11 Å². The molecule has 2 N–H and O–H groups in total. The van der Waals surface area contributed by atoms with Gasteiger partial charge in [0.2, 0.25) is 0 Å². The first kappa shape index (κ1) is 11.0. The Morgan fingerprint density at radius 2 is 1.80 bits per heavy atom. The monoisotopic (exact) mass is 261 g/mol. The number of aromatic hydroxyl groups is 1. The molecule has 0 amide bonds. The molecule has 0 saturated heterocycles. The SMILES string of the molecule is Oc1ccc2[nH]c3ncnc(-c4ccccc4)c3c2c1. The minimum absolute atomic E-state index is 0.237. The molecule has 0 spiro atoms. The van der Waals surface area contributed by atoms with Gasteiger partial charge in [-0.2, -0.15) is 0 Å². The lowest BCUT2D eigenvalue weighted by Crippen LogP contribution is -1.86. The highest BCUT2D eigenvalue weighted by Gasteiger charge is 2.12. The Balaban J connectivity index is 2.16. The summed E-state index contributed by atoms with van der Waals surface area (Å²) < 4.78 is 0. The Bertz CT molecular complexity index is 913. The second kappa shape index (κ2) is 4.06. The minimum Gasteiger partial charge on any atom is -0.508 e. The highest BCUT2D eigenvalue weighted by molar-refractivity contribution is 6.12. The number of H-pyrrole nitrogens is 1. The van der Waals surface area contributed by atoms with Crippen LogP contribution in [0.15, 0.2) is 54.9 Å². The Morgan fingerprint density at radius 1 is 0.950 bits per heavy atom. The van der Waals surface area contributed by atoms with Gasteiger partial charge in [0.15, 0.2) is 0 Å². The molecule has 0 aliphatic carbocycles. The highest BCUT2D eigenvalue weighted by atomic mass is 16.3. The topological polar surface area (TPSA) is 61.8 Å². The van der Waals surface area contributed by atoms with Crippen LogP contribution in [0.5, 0.6) is 5.75 Å². The van der Waals surface area contributed by atoms with Crippen LogP contribution >= 0.6 is 0 Å². The highest BCUT2D eigenvalue weighted by Crippen LogP contribution is 2.33. The summed E-state index contributed by atoms with van der Waals surface area (Å²) in [5.41, 5.74) is 3.62. The van der Waals surface area contributed by atoms with Gasteiger partial charge in [-0.15, -0.1) is 0 Å². The zero-order chi connectivity index (χ0) is 13.5. The lowest BCUT2D eigenvalue weighted by atomic mass is 10.1. The van der Waals surface area contributed by atoms with Gasteiger partial charge in [-0.3, -0.25) is 0 Å². The van der Waals surface area contributed by atoms with Crippen LogP contribution in [-0.4, -0.2) is 20.1 Å². The maximum absolute atomic E-state index is 9.71. The van der Waals surface area contributed by atoms with Crippen LogP contribution in [0.4, 0.5) is 0 Å². The zero-order valence-electron chi connectivity index (χ0n) is 10.5. The number of aromatic nitrogens is 3.